The molecule has 2 fully saturated rings. The minimum absolute atomic E-state index is 0.102. The summed E-state index contributed by atoms with van der Waals surface area (Å²) in [6.45, 7) is 11.8. The SMILES string of the molecule is CC(C)(C)N1CCC(NCc2ccccc2OCC(=O)N2CCCC2)CC1. The summed E-state index contributed by atoms with van der Waals surface area (Å²) in [5.41, 5.74) is 1.39. The lowest BCUT2D eigenvalue weighted by atomic mass is 9.98. The Morgan fingerprint density at radius 3 is 2.44 bits per heavy atom. The van der Waals surface area contributed by atoms with Crippen LogP contribution in [0.4, 0.5) is 0 Å². The topological polar surface area (TPSA) is 44.8 Å². The van der Waals surface area contributed by atoms with Crippen molar-refractivity contribution in [2.75, 3.05) is 32.8 Å². The number of para-hydroxylation sites is 1. The Balaban J connectivity index is 1.47. The highest BCUT2D eigenvalue weighted by atomic mass is 16.5. The molecule has 1 aromatic carbocycles. The van der Waals surface area contributed by atoms with Crippen LogP contribution in [0.5, 0.6) is 5.75 Å². The van der Waals surface area contributed by atoms with E-state index in [1.165, 1.54) is 12.8 Å². The van der Waals surface area contributed by atoms with E-state index < -0.39 is 0 Å². The van der Waals surface area contributed by atoms with Crippen molar-refractivity contribution < 1.29 is 9.53 Å². The van der Waals surface area contributed by atoms with E-state index in [1.807, 2.05) is 23.1 Å². The highest BCUT2D eigenvalue weighted by molar-refractivity contribution is 5.78. The molecule has 5 nitrogen and oxygen atoms in total. The fourth-order valence-corrected chi connectivity index (χ4v) is 4.00. The molecular weight excluding hydrogens is 338 g/mol. The number of carbonyl (C=O) groups is 1. The normalized spacial score (nSPS) is 19.4. The molecular formula is C22H35N3O2. The number of benzene rings is 1. The zero-order valence-corrected chi connectivity index (χ0v) is 17.2. The van der Waals surface area contributed by atoms with Crippen molar-refractivity contribution in [1.29, 1.82) is 0 Å². The van der Waals surface area contributed by atoms with Gasteiger partial charge in [-0.25, -0.2) is 0 Å². The van der Waals surface area contributed by atoms with Crippen LogP contribution < -0.4 is 10.1 Å². The molecule has 0 radical (unpaired) electrons. The van der Waals surface area contributed by atoms with Gasteiger partial charge in [0.25, 0.3) is 5.91 Å². The highest BCUT2D eigenvalue weighted by Gasteiger charge is 2.26. The summed E-state index contributed by atoms with van der Waals surface area (Å²) >= 11 is 0. The van der Waals surface area contributed by atoms with E-state index in [1.54, 1.807) is 0 Å². The number of amides is 1. The first-order chi connectivity index (χ1) is 12.9. The van der Waals surface area contributed by atoms with Crippen molar-refractivity contribution in [3.63, 3.8) is 0 Å². The van der Waals surface area contributed by atoms with Crippen LogP contribution in [0, 0.1) is 0 Å². The minimum Gasteiger partial charge on any atom is -0.483 e. The molecule has 3 rings (SSSR count). The first-order valence-electron chi connectivity index (χ1n) is 10.4. The van der Waals surface area contributed by atoms with Gasteiger partial charge in [0, 0.05) is 49.9 Å². The van der Waals surface area contributed by atoms with Crippen molar-refractivity contribution in [1.82, 2.24) is 15.1 Å². The number of rotatable bonds is 6. The van der Waals surface area contributed by atoms with Gasteiger partial charge in [-0.1, -0.05) is 18.2 Å². The van der Waals surface area contributed by atoms with Gasteiger partial charge >= 0.3 is 0 Å². The molecule has 1 N–H and O–H groups in total. The predicted octanol–water partition coefficient (Wildman–Crippen LogP) is 3.04. The van der Waals surface area contributed by atoms with E-state index in [2.05, 4.69) is 37.1 Å². The molecule has 0 atom stereocenters. The van der Waals surface area contributed by atoms with Crippen LogP contribution in [0.25, 0.3) is 0 Å². The van der Waals surface area contributed by atoms with Gasteiger partial charge < -0.3 is 15.0 Å². The number of likely N-dealkylation sites (tertiary alicyclic amines) is 2. The predicted molar refractivity (Wildman–Crippen MR) is 109 cm³/mol. The van der Waals surface area contributed by atoms with Crippen molar-refractivity contribution in [2.24, 2.45) is 0 Å². The molecule has 2 aliphatic heterocycles. The fraction of sp³-hybridized carbons (Fsp3) is 0.682. The summed E-state index contributed by atoms with van der Waals surface area (Å²) < 4.78 is 5.87. The third-order valence-corrected chi connectivity index (χ3v) is 5.81. The maximum atomic E-state index is 12.2. The Hall–Kier alpha value is -1.59. The zero-order chi connectivity index (χ0) is 19.3. The monoisotopic (exact) mass is 373 g/mol. The lowest BCUT2D eigenvalue weighted by Gasteiger charge is -2.41. The minimum atomic E-state index is 0.102. The third-order valence-electron chi connectivity index (χ3n) is 5.81. The van der Waals surface area contributed by atoms with Gasteiger partial charge in [0.05, 0.1) is 0 Å². The maximum Gasteiger partial charge on any atom is 0.260 e. The largest absolute Gasteiger partial charge is 0.483 e. The summed E-state index contributed by atoms with van der Waals surface area (Å²) in [6, 6.07) is 8.61. The van der Waals surface area contributed by atoms with E-state index >= 15 is 0 Å². The Labute approximate surface area is 164 Å². The number of ether oxygens (including phenoxy) is 1. The van der Waals surface area contributed by atoms with E-state index in [9.17, 15) is 4.79 Å². The van der Waals surface area contributed by atoms with E-state index in [0.717, 1.165) is 56.9 Å². The molecule has 2 aliphatic rings. The lowest BCUT2D eigenvalue weighted by Crippen LogP contribution is -2.49. The lowest BCUT2D eigenvalue weighted by molar-refractivity contribution is -0.132. The summed E-state index contributed by atoms with van der Waals surface area (Å²) in [5.74, 6) is 0.925. The van der Waals surface area contributed by atoms with Crippen LogP contribution in [-0.4, -0.2) is 60.1 Å². The van der Waals surface area contributed by atoms with Crippen LogP contribution >= 0.6 is 0 Å². The molecule has 150 valence electrons. The highest BCUT2D eigenvalue weighted by Crippen LogP contribution is 2.22. The average molecular weight is 374 g/mol. The molecule has 2 saturated heterocycles. The van der Waals surface area contributed by atoms with Gasteiger partial charge in [-0.15, -0.1) is 0 Å². The molecule has 27 heavy (non-hydrogen) atoms. The first-order valence-corrected chi connectivity index (χ1v) is 10.4. The molecule has 0 spiro atoms. The number of nitrogens with one attached hydrogen (secondary N) is 1. The molecule has 0 bridgehead atoms. The zero-order valence-electron chi connectivity index (χ0n) is 17.2. The van der Waals surface area contributed by atoms with Crippen LogP contribution in [0.3, 0.4) is 0 Å². The van der Waals surface area contributed by atoms with Crippen molar-refractivity contribution in [3.05, 3.63) is 29.8 Å². The van der Waals surface area contributed by atoms with E-state index in [-0.39, 0.29) is 18.1 Å². The van der Waals surface area contributed by atoms with Gasteiger partial charge in [0.15, 0.2) is 6.61 Å². The van der Waals surface area contributed by atoms with Crippen LogP contribution in [0.2, 0.25) is 0 Å². The van der Waals surface area contributed by atoms with Crippen LogP contribution in [0.15, 0.2) is 24.3 Å². The van der Waals surface area contributed by atoms with Crippen LogP contribution in [-0.2, 0) is 11.3 Å². The molecule has 0 aliphatic carbocycles. The smallest absolute Gasteiger partial charge is 0.260 e. The summed E-state index contributed by atoms with van der Waals surface area (Å²) in [6.07, 6.45) is 4.57. The van der Waals surface area contributed by atoms with Crippen molar-refractivity contribution >= 4 is 5.91 Å². The Kier molecular flexibility index (Phi) is 6.77. The van der Waals surface area contributed by atoms with Gasteiger partial charge in [0.2, 0.25) is 0 Å². The number of nitrogens with zero attached hydrogens (tertiary/aromatic N) is 2. The molecule has 1 amide bonds. The second kappa shape index (κ2) is 9.07. The molecule has 5 heteroatoms. The quantitative estimate of drug-likeness (QED) is 0.832. The van der Waals surface area contributed by atoms with Gasteiger partial charge in [-0.3, -0.25) is 9.69 Å². The summed E-state index contributed by atoms with van der Waals surface area (Å²) in [7, 11) is 0. The second-order valence-corrected chi connectivity index (χ2v) is 8.80. The Morgan fingerprint density at radius 1 is 1.11 bits per heavy atom. The summed E-state index contributed by atoms with van der Waals surface area (Å²) in [4.78, 5) is 16.7. The Bertz CT molecular complexity index is 612. The number of piperidine rings is 1. The second-order valence-electron chi connectivity index (χ2n) is 8.80. The molecule has 1 aromatic rings. The number of hydrogen-bond donors (Lipinski definition) is 1. The first kappa shape index (κ1) is 20.2. The van der Waals surface area contributed by atoms with Gasteiger partial charge in [0.1, 0.15) is 5.75 Å². The van der Waals surface area contributed by atoms with Crippen molar-refractivity contribution in [3.8, 4) is 5.75 Å². The maximum absolute atomic E-state index is 12.2. The third kappa shape index (κ3) is 5.69. The standard InChI is InChI=1S/C22H35N3O2/c1-22(2,3)25-14-10-19(11-15-25)23-16-18-8-4-5-9-20(18)27-17-21(26)24-12-6-7-13-24/h4-5,8-9,19,23H,6-7,10-17H2,1-3H3. The molecule has 0 saturated carbocycles. The fourth-order valence-electron chi connectivity index (χ4n) is 4.00. The number of hydrogen-bond acceptors (Lipinski definition) is 4. The summed E-state index contributed by atoms with van der Waals surface area (Å²) in [5, 5.41) is 3.69. The van der Waals surface area contributed by atoms with Crippen LogP contribution in [0.1, 0.15) is 52.0 Å². The van der Waals surface area contributed by atoms with E-state index in [4.69, 9.17) is 4.74 Å². The molecule has 0 unspecified atom stereocenters. The number of carbonyl (C=O) groups excluding carboxylic acids is 1. The van der Waals surface area contributed by atoms with E-state index in [0.29, 0.717) is 6.04 Å². The average Bonchev–Trinajstić information content (AvgIpc) is 3.19. The molecule has 0 aromatic heterocycles. The van der Waals surface area contributed by atoms with Crippen molar-refractivity contribution in [2.45, 2.75) is 64.6 Å². The van der Waals surface area contributed by atoms with Gasteiger partial charge in [-0.2, -0.15) is 0 Å². The Morgan fingerprint density at radius 2 is 1.78 bits per heavy atom. The molecule has 2 heterocycles. The van der Waals surface area contributed by atoms with Gasteiger partial charge in [-0.05, 0) is 52.5 Å².